The van der Waals surface area contributed by atoms with Crippen molar-refractivity contribution in [1.29, 1.82) is 0 Å². The molecule has 0 unspecified atom stereocenters. The molecule has 5 rings (SSSR count). The van der Waals surface area contributed by atoms with Crippen molar-refractivity contribution in [2.45, 2.75) is 31.2 Å². The van der Waals surface area contributed by atoms with Gasteiger partial charge >= 0.3 is 0 Å². The molecule has 6 nitrogen and oxygen atoms in total. The molecular weight excluding hydrogens is 414 g/mol. The smallest absolute Gasteiger partial charge is 0.252 e. The van der Waals surface area contributed by atoms with Crippen LogP contribution in [0.3, 0.4) is 0 Å². The summed E-state index contributed by atoms with van der Waals surface area (Å²) in [5.41, 5.74) is 3.54. The van der Waals surface area contributed by atoms with Crippen LogP contribution in [0.25, 0.3) is 11.1 Å². The zero-order valence-electron chi connectivity index (χ0n) is 17.3. The fraction of sp³-hybridized carbons (Fsp3) is 0.292. The molecule has 32 heavy (non-hydrogen) atoms. The minimum atomic E-state index is -0.908. The summed E-state index contributed by atoms with van der Waals surface area (Å²) in [6.07, 6.45) is 3.48. The number of hydrogen-bond acceptors (Lipinski definition) is 3. The molecule has 164 valence electrons. The number of nitrogens with zero attached hydrogens (tertiary/aromatic N) is 2. The molecule has 3 heterocycles. The van der Waals surface area contributed by atoms with Gasteiger partial charge in [-0.2, -0.15) is 5.10 Å². The molecule has 2 N–H and O–H groups in total. The van der Waals surface area contributed by atoms with E-state index in [2.05, 4.69) is 15.5 Å². The van der Waals surface area contributed by atoms with Crippen molar-refractivity contribution in [3.8, 4) is 11.1 Å². The van der Waals surface area contributed by atoms with Gasteiger partial charge in [0, 0.05) is 35.8 Å². The second-order valence-corrected chi connectivity index (χ2v) is 8.32. The minimum absolute atomic E-state index is 0.00349. The molecule has 1 aromatic heterocycles. The summed E-state index contributed by atoms with van der Waals surface area (Å²) in [5.74, 6) is -1.97. The van der Waals surface area contributed by atoms with E-state index in [1.807, 2.05) is 23.1 Å². The molecule has 0 radical (unpaired) electrons. The lowest BCUT2D eigenvalue weighted by atomic mass is 9.90. The van der Waals surface area contributed by atoms with Crippen LogP contribution in [0.4, 0.5) is 8.78 Å². The largest absolute Gasteiger partial charge is 0.345 e. The Morgan fingerprint density at radius 2 is 1.97 bits per heavy atom. The standard InChI is InChI=1S/C24H22F2N4O2/c25-19-8-7-14(10-20(19)26)18-12-27-29-23(18)15-4-3-9-30(13-15)22(31)11-21-16-5-1-2-6-17(16)24(32)28-21/h1-2,5-8,10,12,15,21H,3-4,9,11,13H2,(H,27,29)(H,28,32)/t15-,21-/m1/s1. The molecule has 2 aromatic carbocycles. The normalized spacial score (nSPS) is 20.2. The van der Waals surface area contributed by atoms with Gasteiger partial charge in [0.1, 0.15) is 0 Å². The van der Waals surface area contributed by atoms with E-state index in [0.717, 1.165) is 36.2 Å². The summed E-state index contributed by atoms with van der Waals surface area (Å²) in [4.78, 5) is 27.1. The van der Waals surface area contributed by atoms with E-state index in [4.69, 9.17) is 0 Å². The second-order valence-electron chi connectivity index (χ2n) is 8.32. The van der Waals surface area contributed by atoms with Gasteiger partial charge in [-0.25, -0.2) is 8.78 Å². The molecule has 2 atom stereocenters. The van der Waals surface area contributed by atoms with E-state index in [1.165, 1.54) is 6.07 Å². The Balaban J connectivity index is 1.32. The average molecular weight is 436 g/mol. The van der Waals surface area contributed by atoms with Gasteiger partial charge < -0.3 is 10.2 Å². The van der Waals surface area contributed by atoms with E-state index < -0.39 is 11.6 Å². The van der Waals surface area contributed by atoms with E-state index in [-0.39, 0.29) is 30.2 Å². The topological polar surface area (TPSA) is 78.1 Å². The Hall–Kier alpha value is -3.55. The number of rotatable bonds is 4. The van der Waals surface area contributed by atoms with E-state index in [0.29, 0.717) is 29.8 Å². The highest BCUT2D eigenvalue weighted by molar-refractivity contribution is 5.99. The number of piperidine rings is 1. The molecular formula is C24H22F2N4O2. The number of likely N-dealkylation sites (tertiary alicyclic amines) is 1. The number of halogens is 2. The maximum atomic E-state index is 13.8. The third kappa shape index (κ3) is 3.66. The first-order chi connectivity index (χ1) is 15.5. The highest BCUT2D eigenvalue weighted by atomic mass is 19.2. The molecule has 0 aliphatic carbocycles. The summed E-state index contributed by atoms with van der Waals surface area (Å²) >= 11 is 0. The van der Waals surface area contributed by atoms with Gasteiger partial charge in [0.2, 0.25) is 5.91 Å². The number of carbonyl (C=O) groups is 2. The quantitative estimate of drug-likeness (QED) is 0.651. The molecule has 8 heteroatoms. The third-order valence-electron chi connectivity index (χ3n) is 6.35. The predicted molar refractivity (Wildman–Crippen MR) is 114 cm³/mol. The van der Waals surface area contributed by atoms with Gasteiger partial charge in [0.25, 0.3) is 5.91 Å². The minimum Gasteiger partial charge on any atom is -0.345 e. The Bertz CT molecular complexity index is 1190. The van der Waals surface area contributed by atoms with E-state index in [1.54, 1.807) is 12.3 Å². The number of benzene rings is 2. The van der Waals surface area contributed by atoms with E-state index >= 15 is 0 Å². The second kappa shape index (κ2) is 8.18. The SMILES string of the molecule is O=C1N[C@H](CC(=O)N2CCC[C@@H](c3[nH]ncc3-c3ccc(F)c(F)c3)C2)c2ccccc21. The summed E-state index contributed by atoms with van der Waals surface area (Å²) in [6.45, 7) is 1.15. The highest BCUT2D eigenvalue weighted by Gasteiger charge is 2.33. The van der Waals surface area contributed by atoms with Crippen molar-refractivity contribution in [2.24, 2.45) is 0 Å². The molecule has 1 saturated heterocycles. The van der Waals surface area contributed by atoms with Crippen molar-refractivity contribution in [2.75, 3.05) is 13.1 Å². The maximum Gasteiger partial charge on any atom is 0.252 e. The van der Waals surface area contributed by atoms with E-state index in [9.17, 15) is 18.4 Å². The van der Waals surface area contributed by atoms with Crippen molar-refractivity contribution < 1.29 is 18.4 Å². The summed E-state index contributed by atoms with van der Waals surface area (Å²) in [7, 11) is 0. The van der Waals surface area contributed by atoms with Crippen molar-refractivity contribution in [3.05, 3.63) is 77.1 Å². The highest BCUT2D eigenvalue weighted by Crippen LogP contribution is 2.34. The van der Waals surface area contributed by atoms with Gasteiger partial charge in [0.05, 0.1) is 18.7 Å². The molecule has 0 spiro atoms. The van der Waals surface area contributed by atoms with Crippen molar-refractivity contribution in [1.82, 2.24) is 20.4 Å². The van der Waals surface area contributed by atoms with Crippen LogP contribution < -0.4 is 5.32 Å². The monoisotopic (exact) mass is 436 g/mol. The first kappa shape index (κ1) is 20.4. The van der Waals surface area contributed by atoms with Crippen LogP contribution in [-0.2, 0) is 4.79 Å². The molecule has 1 fully saturated rings. The van der Waals surface area contributed by atoms with Crippen LogP contribution in [0.15, 0.2) is 48.7 Å². The fourth-order valence-electron chi connectivity index (χ4n) is 4.73. The number of H-pyrrole nitrogens is 1. The molecule has 2 amide bonds. The first-order valence-electron chi connectivity index (χ1n) is 10.7. The van der Waals surface area contributed by atoms with Crippen LogP contribution in [0.5, 0.6) is 0 Å². The third-order valence-corrected chi connectivity index (χ3v) is 6.35. The van der Waals surface area contributed by atoms with Gasteiger partial charge in [-0.3, -0.25) is 14.7 Å². The van der Waals surface area contributed by atoms with Crippen molar-refractivity contribution >= 4 is 11.8 Å². The van der Waals surface area contributed by atoms with Crippen LogP contribution in [0.2, 0.25) is 0 Å². The van der Waals surface area contributed by atoms with Crippen molar-refractivity contribution in [3.63, 3.8) is 0 Å². The Morgan fingerprint density at radius 1 is 1.12 bits per heavy atom. The average Bonchev–Trinajstić information content (AvgIpc) is 3.41. The lowest BCUT2D eigenvalue weighted by molar-refractivity contribution is -0.132. The molecule has 0 bridgehead atoms. The fourth-order valence-corrected chi connectivity index (χ4v) is 4.73. The predicted octanol–water partition coefficient (Wildman–Crippen LogP) is 3.94. The Morgan fingerprint density at radius 3 is 2.81 bits per heavy atom. The summed E-state index contributed by atoms with van der Waals surface area (Å²) in [6, 6.07) is 10.8. The molecule has 2 aliphatic rings. The van der Waals surface area contributed by atoms with Crippen LogP contribution in [0, 0.1) is 11.6 Å². The van der Waals surface area contributed by atoms with Crippen LogP contribution >= 0.6 is 0 Å². The maximum absolute atomic E-state index is 13.8. The number of aromatic nitrogens is 2. The van der Waals surface area contributed by atoms with Gasteiger partial charge in [0.15, 0.2) is 11.6 Å². The number of aromatic amines is 1. The lowest BCUT2D eigenvalue weighted by Gasteiger charge is -2.33. The number of fused-ring (bicyclic) bond motifs is 1. The zero-order valence-corrected chi connectivity index (χ0v) is 17.3. The number of hydrogen-bond donors (Lipinski definition) is 2. The van der Waals surface area contributed by atoms with Gasteiger partial charge in [-0.1, -0.05) is 24.3 Å². The van der Waals surface area contributed by atoms with Crippen LogP contribution in [-0.4, -0.2) is 40.0 Å². The summed E-state index contributed by atoms with van der Waals surface area (Å²) in [5, 5.41) is 10.0. The van der Waals surface area contributed by atoms with Crippen LogP contribution in [0.1, 0.15) is 52.8 Å². The number of carbonyl (C=O) groups excluding carboxylic acids is 2. The Kier molecular flexibility index (Phi) is 5.20. The lowest BCUT2D eigenvalue weighted by Crippen LogP contribution is -2.40. The number of amides is 2. The Labute approximate surface area is 183 Å². The summed E-state index contributed by atoms with van der Waals surface area (Å²) < 4.78 is 27.1. The number of nitrogens with one attached hydrogen (secondary N) is 2. The van der Waals surface area contributed by atoms with Gasteiger partial charge in [-0.15, -0.1) is 0 Å². The molecule has 2 aliphatic heterocycles. The zero-order chi connectivity index (χ0) is 22.2. The first-order valence-corrected chi connectivity index (χ1v) is 10.7. The molecule has 0 saturated carbocycles. The van der Waals surface area contributed by atoms with Gasteiger partial charge in [-0.05, 0) is 42.2 Å². The molecule has 3 aromatic rings.